The molecule has 7 nitrogen and oxygen atoms in total. The minimum atomic E-state index is -0.368. The molecular formula is C24H23N5O2. The predicted molar refractivity (Wildman–Crippen MR) is 122 cm³/mol. The summed E-state index contributed by atoms with van der Waals surface area (Å²) in [6.45, 7) is 1.09. The number of nitro groups is 1. The summed E-state index contributed by atoms with van der Waals surface area (Å²) in [7, 11) is 1.68. The fraction of sp³-hybridized carbons (Fsp3) is 0.125. The van der Waals surface area contributed by atoms with Crippen molar-refractivity contribution in [3.8, 4) is 16.9 Å². The van der Waals surface area contributed by atoms with E-state index in [1.807, 2.05) is 77.6 Å². The first-order valence-corrected chi connectivity index (χ1v) is 10.0. The number of nitrogens with zero attached hydrogens (tertiary/aromatic N) is 3. The summed E-state index contributed by atoms with van der Waals surface area (Å²) in [5.74, 6) is 0. The standard InChI is InChI=1S/C24H23N5O2/c1-25-22-13-12-18(14-23(22)29(30)31)15-26-16-20-17-28(21-10-6-3-7-11-21)27-24(20)19-8-4-2-5-9-19/h2-14,17,25-26H,15-16H2,1H3. The second kappa shape index (κ2) is 9.23. The molecule has 0 saturated heterocycles. The minimum absolute atomic E-state index is 0.0728. The molecule has 0 aliphatic rings. The van der Waals surface area contributed by atoms with Crippen molar-refractivity contribution in [2.75, 3.05) is 12.4 Å². The van der Waals surface area contributed by atoms with Crippen LogP contribution in [0.1, 0.15) is 11.1 Å². The van der Waals surface area contributed by atoms with E-state index in [0.717, 1.165) is 28.1 Å². The van der Waals surface area contributed by atoms with Crippen LogP contribution in [0.4, 0.5) is 11.4 Å². The molecule has 0 radical (unpaired) electrons. The summed E-state index contributed by atoms with van der Waals surface area (Å²) in [5, 5.41) is 22.4. The zero-order valence-electron chi connectivity index (χ0n) is 17.2. The molecule has 0 amide bonds. The lowest BCUT2D eigenvalue weighted by molar-refractivity contribution is -0.384. The zero-order valence-corrected chi connectivity index (χ0v) is 17.2. The van der Waals surface area contributed by atoms with Gasteiger partial charge in [-0.2, -0.15) is 5.10 Å². The van der Waals surface area contributed by atoms with Crippen LogP contribution < -0.4 is 10.6 Å². The van der Waals surface area contributed by atoms with E-state index in [-0.39, 0.29) is 10.6 Å². The number of para-hydroxylation sites is 1. The first-order valence-electron chi connectivity index (χ1n) is 10.0. The Morgan fingerprint density at radius 3 is 2.35 bits per heavy atom. The summed E-state index contributed by atoms with van der Waals surface area (Å²) in [5.41, 5.74) is 5.42. The van der Waals surface area contributed by atoms with Crippen molar-refractivity contribution < 1.29 is 4.92 Å². The largest absolute Gasteiger partial charge is 0.383 e. The maximum Gasteiger partial charge on any atom is 0.292 e. The van der Waals surface area contributed by atoms with E-state index < -0.39 is 0 Å². The lowest BCUT2D eigenvalue weighted by Crippen LogP contribution is -2.13. The van der Waals surface area contributed by atoms with Gasteiger partial charge in [0.25, 0.3) is 5.69 Å². The van der Waals surface area contributed by atoms with Gasteiger partial charge in [-0.05, 0) is 23.8 Å². The summed E-state index contributed by atoms with van der Waals surface area (Å²) < 4.78 is 1.88. The smallest absolute Gasteiger partial charge is 0.292 e. The van der Waals surface area contributed by atoms with E-state index >= 15 is 0 Å². The number of rotatable bonds is 8. The Labute approximate surface area is 180 Å². The van der Waals surface area contributed by atoms with E-state index in [9.17, 15) is 10.1 Å². The van der Waals surface area contributed by atoms with Gasteiger partial charge >= 0.3 is 0 Å². The van der Waals surface area contributed by atoms with Crippen LogP contribution in [0.25, 0.3) is 16.9 Å². The predicted octanol–water partition coefficient (Wildman–Crippen LogP) is 4.78. The second-order valence-electron chi connectivity index (χ2n) is 7.11. The van der Waals surface area contributed by atoms with Gasteiger partial charge in [-0.3, -0.25) is 10.1 Å². The molecule has 0 saturated carbocycles. The molecule has 7 heteroatoms. The van der Waals surface area contributed by atoms with Crippen LogP contribution >= 0.6 is 0 Å². The third-order valence-electron chi connectivity index (χ3n) is 5.03. The lowest BCUT2D eigenvalue weighted by atomic mass is 10.1. The summed E-state index contributed by atoms with van der Waals surface area (Å²) in [6.07, 6.45) is 2.03. The maximum absolute atomic E-state index is 11.3. The van der Waals surface area contributed by atoms with Crippen molar-refractivity contribution in [2.45, 2.75) is 13.1 Å². The van der Waals surface area contributed by atoms with Gasteiger partial charge in [0.2, 0.25) is 0 Å². The Bertz CT molecular complexity index is 1170. The van der Waals surface area contributed by atoms with Crippen LogP contribution in [0, 0.1) is 10.1 Å². The van der Waals surface area contributed by atoms with Gasteiger partial charge in [0, 0.05) is 43.5 Å². The van der Waals surface area contributed by atoms with Gasteiger partial charge < -0.3 is 10.6 Å². The summed E-state index contributed by atoms with van der Waals surface area (Å²) in [6, 6.07) is 25.3. The van der Waals surface area contributed by atoms with E-state index in [1.54, 1.807) is 19.2 Å². The van der Waals surface area contributed by atoms with Crippen LogP contribution in [-0.2, 0) is 13.1 Å². The molecule has 0 aliphatic heterocycles. The Hall–Kier alpha value is -3.97. The molecule has 1 heterocycles. The van der Waals surface area contributed by atoms with Crippen LogP contribution in [-0.4, -0.2) is 21.8 Å². The number of anilines is 1. The number of aromatic nitrogens is 2. The highest BCUT2D eigenvalue weighted by Crippen LogP contribution is 2.26. The molecule has 0 fully saturated rings. The van der Waals surface area contributed by atoms with E-state index in [4.69, 9.17) is 5.10 Å². The van der Waals surface area contributed by atoms with Crippen molar-refractivity contribution >= 4 is 11.4 Å². The molecule has 0 unspecified atom stereocenters. The van der Waals surface area contributed by atoms with Gasteiger partial charge in [-0.25, -0.2) is 4.68 Å². The lowest BCUT2D eigenvalue weighted by Gasteiger charge is -2.07. The Morgan fingerprint density at radius 1 is 0.968 bits per heavy atom. The zero-order chi connectivity index (χ0) is 21.6. The van der Waals surface area contributed by atoms with Crippen LogP contribution in [0.2, 0.25) is 0 Å². The van der Waals surface area contributed by atoms with Gasteiger partial charge in [-0.1, -0.05) is 54.6 Å². The SMILES string of the molecule is CNc1ccc(CNCc2cn(-c3ccccc3)nc2-c2ccccc2)cc1[N+](=O)[O-]. The van der Waals surface area contributed by atoms with Crippen molar-refractivity contribution in [1.82, 2.24) is 15.1 Å². The topological polar surface area (TPSA) is 85.0 Å². The van der Waals surface area contributed by atoms with Crippen LogP contribution in [0.5, 0.6) is 0 Å². The second-order valence-corrected chi connectivity index (χ2v) is 7.11. The van der Waals surface area contributed by atoms with Crippen molar-refractivity contribution in [2.24, 2.45) is 0 Å². The fourth-order valence-electron chi connectivity index (χ4n) is 3.48. The van der Waals surface area contributed by atoms with Gasteiger partial charge in [0.15, 0.2) is 0 Å². The van der Waals surface area contributed by atoms with Crippen LogP contribution in [0.15, 0.2) is 85.1 Å². The van der Waals surface area contributed by atoms with Gasteiger partial charge in [-0.15, -0.1) is 0 Å². The average molecular weight is 413 g/mol. The van der Waals surface area contributed by atoms with E-state index in [1.165, 1.54) is 0 Å². The van der Waals surface area contributed by atoms with E-state index in [2.05, 4.69) is 10.6 Å². The fourth-order valence-corrected chi connectivity index (χ4v) is 3.48. The Balaban J connectivity index is 1.56. The Morgan fingerprint density at radius 2 is 1.68 bits per heavy atom. The normalized spacial score (nSPS) is 10.7. The first-order chi connectivity index (χ1) is 15.2. The average Bonchev–Trinajstić information content (AvgIpc) is 3.24. The molecular weight excluding hydrogens is 390 g/mol. The minimum Gasteiger partial charge on any atom is -0.383 e. The molecule has 156 valence electrons. The number of benzene rings is 3. The molecule has 2 N–H and O–H groups in total. The quantitative estimate of drug-likeness (QED) is 0.321. The molecule has 0 aliphatic carbocycles. The number of hydrogen-bond acceptors (Lipinski definition) is 5. The number of nitrogens with one attached hydrogen (secondary N) is 2. The number of hydrogen-bond donors (Lipinski definition) is 2. The third kappa shape index (κ3) is 4.62. The van der Waals surface area contributed by atoms with E-state index in [0.29, 0.717) is 18.8 Å². The summed E-state index contributed by atoms with van der Waals surface area (Å²) >= 11 is 0. The van der Waals surface area contributed by atoms with Crippen molar-refractivity contribution in [1.29, 1.82) is 0 Å². The summed E-state index contributed by atoms with van der Waals surface area (Å²) in [4.78, 5) is 10.9. The monoisotopic (exact) mass is 413 g/mol. The molecule has 0 spiro atoms. The highest BCUT2D eigenvalue weighted by molar-refractivity contribution is 5.63. The van der Waals surface area contributed by atoms with Crippen LogP contribution in [0.3, 0.4) is 0 Å². The molecule has 0 atom stereocenters. The molecule has 1 aromatic heterocycles. The molecule has 31 heavy (non-hydrogen) atoms. The third-order valence-corrected chi connectivity index (χ3v) is 5.03. The van der Waals surface area contributed by atoms with Gasteiger partial charge in [0.05, 0.1) is 16.3 Å². The molecule has 4 rings (SSSR count). The molecule has 4 aromatic rings. The molecule has 3 aromatic carbocycles. The Kier molecular flexibility index (Phi) is 6.05. The first kappa shape index (κ1) is 20.3. The highest BCUT2D eigenvalue weighted by Gasteiger charge is 2.14. The van der Waals surface area contributed by atoms with Crippen molar-refractivity contribution in [3.63, 3.8) is 0 Å². The van der Waals surface area contributed by atoms with Gasteiger partial charge in [0.1, 0.15) is 5.69 Å². The van der Waals surface area contributed by atoms with Crippen molar-refractivity contribution in [3.05, 3.63) is 106 Å². The highest BCUT2D eigenvalue weighted by atomic mass is 16.6. The number of nitro benzene ring substituents is 1. The maximum atomic E-state index is 11.3. The molecule has 0 bridgehead atoms.